The average molecular weight is 288 g/mol. The number of carbonyl (C=O) groups is 1. The molecule has 114 valence electrons. The molecule has 3 unspecified atom stereocenters. The highest BCUT2D eigenvalue weighted by molar-refractivity contribution is 5.73. The molecular formula is C17H24N2O2. The lowest BCUT2D eigenvalue weighted by Crippen LogP contribution is -2.30. The van der Waals surface area contributed by atoms with Crippen molar-refractivity contribution < 1.29 is 9.53 Å². The van der Waals surface area contributed by atoms with Gasteiger partial charge in [-0.2, -0.15) is 0 Å². The Morgan fingerprint density at radius 1 is 1.38 bits per heavy atom. The Balaban J connectivity index is 1.85. The van der Waals surface area contributed by atoms with Gasteiger partial charge >= 0.3 is 0 Å². The zero-order valence-electron chi connectivity index (χ0n) is 12.6. The number of ether oxygens (including phenoxy) is 1. The first kappa shape index (κ1) is 14.5. The molecule has 1 aliphatic heterocycles. The number of amides is 1. The van der Waals surface area contributed by atoms with Crippen LogP contribution in [0.15, 0.2) is 18.2 Å². The fourth-order valence-corrected chi connectivity index (χ4v) is 3.52. The van der Waals surface area contributed by atoms with Crippen molar-refractivity contribution in [3.63, 3.8) is 0 Å². The minimum absolute atomic E-state index is 0.0293. The normalized spacial score (nSPS) is 26.2. The molecule has 3 rings (SSSR count). The first-order chi connectivity index (χ1) is 10.1. The van der Waals surface area contributed by atoms with Crippen LogP contribution in [0.3, 0.4) is 0 Å². The maximum atomic E-state index is 11.4. The molecule has 4 nitrogen and oxygen atoms in total. The monoisotopic (exact) mass is 288 g/mol. The van der Waals surface area contributed by atoms with E-state index in [9.17, 15) is 4.79 Å². The maximum absolute atomic E-state index is 11.4. The number of rotatable bonds is 3. The number of carbonyl (C=O) groups excluding carboxylic acids is 1. The van der Waals surface area contributed by atoms with Crippen LogP contribution in [-0.2, 0) is 16.0 Å². The third kappa shape index (κ3) is 3.11. The van der Waals surface area contributed by atoms with Crippen molar-refractivity contribution in [2.24, 2.45) is 5.73 Å². The molecule has 1 aliphatic carbocycles. The summed E-state index contributed by atoms with van der Waals surface area (Å²) in [5, 5.41) is 3.06. The van der Waals surface area contributed by atoms with Crippen molar-refractivity contribution in [1.82, 2.24) is 5.32 Å². The molecule has 0 saturated carbocycles. The number of nitrogens with one attached hydrogen (secondary N) is 1. The van der Waals surface area contributed by atoms with Gasteiger partial charge in [-0.05, 0) is 48.8 Å². The Hall–Kier alpha value is -1.39. The van der Waals surface area contributed by atoms with E-state index in [0.29, 0.717) is 0 Å². The van der Waals surface area contributed by atoms with Gasteiger partial charge in [0, 0.05) is 13.5 Å². The van der Waals surface area contributed by atoms with Crippen LogP contribution in [0.4, 0.5) is 0 Å². The fourth-order valence-electron chi connectivity index (χ4n) is 3.52. The van der Waals surface area contributed by atoms with Crippen molar-refractivity contribution in [3.8, 4) is 0 Å². The second-order valence-electron chi connectivity index (χ2n) is 6.18. The van der Waals surface area contributed by atoms with Crippen LogP contribution in [0.5, 0.6) is 0 Å². The number of fused-ring (bicyclic) bond motifs is 1. The van der Waals surface area contributed by atoms with Gasteiger partial charge in [-0.25, -0.2) is 0 Å². The molecule has 3 N–H and O–H groups in total. The van der Waals surface area contributed by atoms with Gasteiger partial charge in [-0.15, -0.1) is 0 Å². The quantitative estimate of drug-likeness (QED) is 0.897. The SMILES string of the molecule is CC(=O)NC1CCCc2ccc(C(N)C3CCCO3)cc21. The van der Waals surface area contributed by atoms with Crippen LogP contribution in [0.25, 0.3) is 0 Å². The highest BCUT2D eigenvalue weighted by Crippen LogP contribution is 2.33. The van der Waals surface area contributed by atoms with E-state index >= 15 is 0 Å². The third-order valence-corrected chi connectivity index (χ3v) is 4.61. The van der Waals surface area contributed by atoms with Gasteiger partial charge in [-0.3, -0.25) is 4.79 Å². The van der Waals surface area contributed by atoms with Crippen LogP contribution < -0.4 is 11.1 Å². The average Bonchev–Trinajstić information content (AvgIpc) is 3.00. The van der Waals surface area contributed by atoms with Crippen molar-refractivity contribution in [2.75, 3.05) is 6.61 Å². The summed E-state index contributed by atoms with van der Waals surface area (Å²) in [5.74, 6) is 0.0293. The lowest BCUT2D eigenvalue weighted by Gasteiger charge is -2.28. The summed E-state index contributed by atoms with van der Waals surface area (Å²) in [5.41, 5.74) is 10.1. The van der Waals surface area contributed by atoms with Gasteiger partial charge in [0.25, 0.3) is 0 Å². The van der Waals surface area contributed by atoms with Crippen molar-refractivity contribution >= 4 is 5.91 Å². The Labute approximate surface area is 126 Å². The molecule has 0 spiro atoms. The molecule has 1 saturated heterocycles. The Morgan fingerprint density at radius 3 is 2.95 bits per heavy atom. The van der Waals surface area contributed by atoms with E-state index in [2.05, 4.69) is 23.5 Å². The molecule has 0 radical (unpaired) electrons. The number of benzene rings is 1. The van der Waals surface area contributed by atoms with Gasteiger partial charge in [-0.1, -0.05) is 18.2 Å². The topological polar surface area (TPSA) is 64.4 Å². The highest BCUT2D eigenvalue weighted by Gasteiger charge is 2.27. The van der Waals surface area contributed by atoms with Gasteiger partial charge in [0.15, 0.2) is 0 Å². The molecule has 0 bridgehead atoms. The summed E-state index contributed by atoms with van der Waals surface area (Å²) < 4.78 is 5.71. The molecule has 1 heterocycles. The van der Waals surface area contributed by atoms with E-state index in [0.717, 1.165) is 44.3 Å². The molecule has 1 amide bonds. The van der Waals surface area contributed by atoms with E-state index in [1.807, 2.05) is 0 Å². The molecule has 1 fully saturated rings. The summed E-state index contributed by atoms with van der Waals surface area (Å²) in [4.78, 5) is 11.4. The highest BCUT2D eigenvalue weighted by atomic mass is 16.5. The minimum atomic E-state index is -0.0716. The van der Waals surface area contributed by atoms with Gasteiger partial charge < -0.3 is 15.8 Å². The van der Waals surface area contributed by atoms with Gasteiger partial charge in [0.2, 0.25) is 5.91 Å². The molecule has 3 atom stereocenters. The lowest BCUT2D eigenvalue weighted by atomic mass is 9.85. The van der Waals surface area contributed by atoms with Crippen LogP contribution in [0, 0.1) is 0 Å². The summed E-state index contributed by atoms with van der Waals surface area (Å²) in [7, 11) is 0. The molecule has 21 heavy (non-hydrogen) atoms. The Bertz CT molecular complexity index is 524. The van der Waals surface area contributed by atoms with E-state index in [1.54, 1.807) is 6.92 Å². The van der Waals surface area contributed by atoms with Gasteiger partial charge in [0.05, 0.1) is 18.2 Å². The second kappa shape index (κ2) is 6.16. The second-order valence-corrected chi connectivity index (χ2v) is 6.18. The van der Waals surface area contributed by atoms with E-state index < -0.39 is 0 Å². The largest absolute Gasteiger partial charge is 0.376 e. The molecular weight excluding hydrogens is 264 g/mol. The van der Waals surface area contributed by atoms with Crippen molar-refractivity contribution in [1.29, 1.82) is 0 Å². The number of aryl methyl sites for hydroxylation is 1. The zero-order valence-corrected chi connectivity index (χ0v) is 12.6. The van der Waals surface area contributed by atoms with E-state index in [-0.39, 0.29) is 24.1 Å². The summed E-state index contributed by atoms with van der Waals surface area (Å²) in [6, 6.07) is 6.54. The fraction of sp³-hybridized carbons (Fsp3) is 0.588. The molecule has 0 aromatic heterocycles. The Kier molecular flexibility index (Phi) is 4.27. The molecule has 1 aromatic rings. The predicted octanol–water partition coefficient (Wildman–Crippen LogP) is 2.38. The van der Waals surface area contributed by atoms with E-state index in [4.69, 9.17) is 10.5 Å². The van der Waals surface area contributed by atoms with Crippen molar-refractivity contribution in [2.45, 2.75) is 57.2 Å². The maximum Gasteiger partial charge on any atom is 0.217 e. The third-order valence-electron chi connectivity index (χ3n) is 4.61. The summed E-state index contributed by atoms with van der Waals surface area (Å²) in [6.07, 6.45) is 5.47. The predicted molar refractivity (Wildman–Crippen MR) is 81.8 cm³/mol. The minimum Gasteiger partial charge on any atom is -0.376 e. The summed E-state index contributed by atoms with van der Waals surface area (Å²) in [6.45, 7) is 2.40. The van der Waals surface area contributed by atoms with Crippen LogP contribution >= 0.6 is 0 Å². The molecule has 2 aliphatic rings. The van der Waals surface area contributed by atoms with Crippen LogP contribution in [0.2, 0.25) is 0 Å². The van der Waals surface area contributed by atoms with Crippen molar-refractivity contribution in [3.05, 3.63) is 34.9 Å². The molecule has 4 heteroatoms. The smallest absolute Gasteiger partial charge is 0.217 e. The number of hydrogen-bond acceptors (Lipinski definition) is 3. The standard InChI is InChI=1S/C17H24N2O2/c1-11(20)19-15-5-2-4-12-7-8-13(10-14(12)15)17(18)16-6-3-9-21-16/h7-8,10,15-17H,2-6,9,18H2,1H3,(H,19,20). The summed E-state index contributed by atoms with van der Waals surface area (Å²) >= 11 is 0. The lowest BCUT2D eigenvalue weighted by molar-refractivity contribution is -0.119. The van der Waals surface area contributed by atoms with Crippen LogP contribution in [0.1, 0.15) is 61.4 Å². The number of nitrogens with two attached hydrogens (primary N) is 1. The molecule has 1 aromatic carbocycles. The Morgan fingerprint density at radius 2 is 2.24 bits per heavy atom. The first-order valence-electron chi connectivity index (χ1n) is 7.92. The zero-order chi connectivity index (χ0) is 14.8. The van der Waals surface area contributed by atoms with Crippen LogP contribution in [-0.4, -0.2) is 18.6 Å². The van der Waals surface area contributed by atoms with E-state index in [1.165, 1.54) is 11.1 Å². The number of hydrogen-bond donors (Lipinski definition) is 2. The van der Waals surface area contributed by atoms with Gasteiger partial charge in [0.1, 0.15) is 0 Å². The first-order valence-corrected chi connectivity index (χ1v) is 7.92.